The second kappa shape index (κ2) is 8.35. The average molecular weight is 419 g/mol. The zero-order valence-corrected chi connectivity index (χ0v) is 16.3. The Morgan fingerprint density at radius 2 is 1.73 bits per heavy atom. The van der Waals surface area contributed by atoms with Gasteiger partial charge in [-0.25, -0.2) is 17.5 Å². The van der Waals surface area contributed by atoms with Gasteiger partial charge in [0.05, 0.1) is 15.6 Å². The van der Waals surface area contributed by atoms with Crippen LogP contribution in [0.3, 0.4) is 0 Å². The Bertz CT molecular complexity index is 916. The fourth-order valence-electron chi connectivity index (χ4n) is 2.20. The molecule has 0 bridgehead atoms. The molecule has 0 saturated heterocycles. The average Bonchev–Trinajstić information content (AvgIpc) is 2.52. The lowest BCUT2D eigenvalue weighted by Gasteiger charge is -2.14. The fourth-order valence-corrected chi connectivity index (χ4v) is 4.38. The smallest absolute Gasteiger partial charge is 0.254 e. The van der Waals surface area contributed by atoms with Gasteiger partial charge in [0.1, 0.15) is 10.7 Å². The number of carbonyl (C=O) groups excluding carboxylic acids is 1. The van der Waals surface area contributed by atoms with Crippen LogP contribution in [0, 0.1) is 5.82 Å². The maximum Gasteiger partial charge on any atom is 0.254 e. The monoisotopic (exact) mass is 418 g/mol. The predicted molar refractivity (Wildman–Crippen MR) is 99.5 cm³/mol. The fraction of sp³-hybridized carbons (Fsp3) is 0.235. The molecule has 0 aromatic heterocycles. The van der Waals surface area contributed by atoms with Crippen molar-refractivity contribution in [1.82, 2.24) is 10.0 Å². The quantitative estimate of drug-likeness (QED) is 0.749. The van der Waals surface area contributed by atoms with Crippen molar-refractivity contribution in [1.29, 1.82) is 0 Å². The van der Waals surface area contributed by atoms with Gasteiger partial charge < -0.3 is 5.32 Å². The molecule has 0 radical (unpaired) electrons. The van der Waals surface area contributed by atoms with E-state index >= 15 is 0 Å². The van der Waals surface area contributed by atoms with Crippen LogP contribution in [0.1, 0.15) is 29.8 Å². The lowest BCUT2D eigenvalue weighted by atomic mass is 10.2. The summed E-state index contributed by atoms with van der Waals surface area (Å²) in [7, 11) is -3.90. The van der Waals surface area contributed by atoms with Gasteiger partial charge >= 0.3 is 0 Å². The Balaban J connectivity index is 2.29. The van der Waals surface area contributed by atoms with Gasteiger partial charge in [0, 0.05) is 12.6 Å². The third-order valence-electron chi connectivity index (χ3n) is 3.33. The van der Waals surface area contributed by atoms with E-state index < -0.39 is 15.9 Å². The number of carbonyl (C=O) groups is 1. The van der Waals surface area contributed by atoms with Crippen LogP contribution >= 0.6 is 23.2 Å². The Kier molecular flexibility index (Phi) is 6.63. The van der Waals surface area contributed by atoms with E-state index in [1.807, 2.05) is 0 Å². The van der Waals surface area contributed by atoms with Crippen LogP contribution in [0.2, 0.25) is 10.0 Å². The molecular formula is C17H17Cl2FN2O3S. The van der Waals surface area contributed by atoms with Gasteiger partial charge in [0.2, 0.25) is 10.0 Å². The van der Waals surface area contributed by atoms with Crippen molar-refractivity contribution in [3.05, 3.63) is 63.4 Å². The Labute approximate surface area is 161 Å². The molecule has 140 valence electrons. The first kappa shape index (κ1) is 20.6. The number of nitrogens with one attached hydrogen (secondary N) is 2. The second-order valence-electron chi connectivity index (χ2n) is 5.82. The summed E-state index contributed by atoms with van der Waals surface area (Å²) in [5, 5.41) is 2.35. The summed E-state index contributed by atoms with van der Waals surface area (Å²) in [6.45, 7) is 3.43. The summed E-state index contributed by atoms with van der Waals surface area (Å²) in [5.41, 5.74) is 0.527. The number of hydrogen-bond acceptors (Lipinski definition) is 3. The molecule has 9 heteroatoms. The lowest BCUT2D eigenvalue weighted by molar-refractivity contribution is 0.0951. The number of sulfonamides is 1. The minimum Gasteiger partial charge on any atom is -0.348 e. The van der Waals surface area contributed by atoms with Crippen molar-refractivity contribution in [2.75, 3.05) is 0 Å². The lowest BCUT2D eigenvalue weighted by Crippen LogP contribution is -2.31. The van der Waals surface area contributed by atoms with Gasteiger partial charge in [-0.2, -0.15) is 0 Å². The van der Waals surface area contributed by atoms with Crippen LogP contribution in [0.25, 0.3) is 0 Å². The van der Waals surface area contributed by atoms with E-state index in [-0.39, 0.29) is 38.9 Å². The second-order valence-corrected chi connectivity index (χ2v) is 8.29. The topological polar surface area (TPSA) is 75.3 Å². The van der Waals surface area contributed by atoms with Crippen LogP contribution in [-0.2, 0) is 16.6 Å². The number of halogens is 3. The zero-order valence-electron chi connectivity index (χ0n) is 14.0. The minimum atomic E-state index is -3.90. The highest BCUT2D eigenvalue weighted by molar-refractivity contribution is 7.89. The largest absolute Gasteiger partial charge is 0.348 e. The molecule has 5 nitrogen and oxygen atoms in total. The highest BCUT2D eigenvalue weighted by atomic mass is 35.5. The molecule has 0 fully saturated rings. The Morgan fingerprint density at radius 1 is 1.12 bits per heavy atom. The molecule has 26 heavy (non-hydrogen) atoms. The summed E-state index contributed by atoms with van der Waals surface area (Å²) < 4.78 is 40.0. The summed E-state index contributed by atoms with van der Waals surface area (Å²) in [6.07, 6.45) is 0. The standard InChI is InChI=1S/C17H17Cl2FN2O3S/c1-10(2)22-26(24,25)14-8-7-13(18)15(16(14)19)17(23)21-9-11-3-5-12(20)6-4-11/h3-8,10,22H,9H2,1-2H3,(H,21,23). The molecule has 2 aromatic carbocycles. The summed E-state index contributed by atoms with van der Waals surface area (Å²) in [6, 6.07) is 7.78. The maximum absolute atomic E-state index is 12.9. The van der Waals surface area contributed by atoms with Crippen LogP contribution in [0.5, 0.6) is 0 Å². The molecule has 0 aliphatic carbocycles. The van der Waals surface area contributed by atoms with Crippen molar-refractivity contribution in [2.45, 2.75) is 31.3 Å². The normalized spacial score (nSPS) is 11.6. The predicted octanol–water partition coefficient (Wildman–Crippen LogP) is 3.75. The molecule has 0 aliphatic heterocycles. The summed E-state index contributed by atoms with van der Waals surface area (Å²) in [4.78, 5) is 12.2. The SMILES string of the molecule is CC(C)NS(=O)(=O)c1ccc(Cl)c(C(=O)NCc2ccc(F)cc2)c1Cl. The number of benzene rings is 2. The maximum atomic E-state index is 12.9. The summed E-state index contributed by atoms with van der Waals surface area (Å²) in [5.74, 6) is -1.02. The van der Waals surface area contributed by atoms with Crippen molar-refractivity contribution >= 4 is 39.1 Å². The van der Waals surface area contributed by atoms with Crippen LogP contribution < -0.4 is 10.0 Å². The van der Waals surface area contributed by atoms with Gasteiger partial charge in [-0.05, 0) is 43.7 Å². The molecule has 0 saturated carbocycles. The molecule has 0 aliphatic rings. The van der Waals surface area contributed by atoms with Gasteiger partial charge in [0.15, 0.2) is 0 Å². The number of hydrogen-bond donors (Lipinski definition) is 2. The first-order valence-electron chi connectivity index (χ1n) is 7.65. The molecule has 0 unspecified atom stereocenters. The Morgan fingerprint density at radius 3 is 2.31 bits per heavy atom. The molecule has 0 heterocycles. The molecule has 0 spiro atoms. The molecule has 2 rings (SSSR count). The van der Waals surface area contributed by atoms with Crippen LogP contribution in [-0.4, -0.2) is 20.4 Å². The van der Waals surface area contributed by atoms with Crippen LogP contribution in [0.15, 0.2) is 41.3 Å². The third kappa shape index (κ3) is 4.94. The zero-order chi connectivity index (χ0) is 19.5. The molecule has 2 aromatic rings. The van der Waals surface area contributed by atoms with E-state index in [0.717, 1.165) is 0 Å². The molecular weight excluding hydrogens is 402 g/mol. The van der Waals surface area contributed by atoms with Crippen molar-refractivity contribution < 1.29 is 17.6 Å². The van der Waals surface area contributed by atoms with Gasteiger partial charge in [-0.3, -0.25) is 4.79 Å². The van der Waals surface area contributed by atoms with Crippen molar-refractivity contribution in [3.8, 4) is 0 Å². The first-order valence-corrected chi connectivity index (χ1v) is 9.88. The molecule has 0 atom stereocenters. The minimum absolute atomic E-state index is 0.0232. The van der Waals surface area contributed by atoms with E-state index in [1.165, 1.54) is 36.4 Å². The molecule has 2 N–H and O–H groups in total. The van der Waals surface area contributed by atoms with Crippen molar-refractivity contribution in [3.63, 3.8) is 0 Å². The van der Waals surface area contributed by atoms with E-state index in [4.69, 9.17) is 23.2 Å². The highest BCUT2D eigenvalue weighted by Gasteiger charge is 2.25. The number of amides is 1. The van der Waals surface area contributed by atoms with E-state index in [1.54, 1.807) is 13.8 Å². The highest BCUT2D eigenvalue weighted by Crippen LogP contribution is 2.31. The Hall–Kier alpha value is -1.67. The van der Waals surface area contributed by atoms with E-state index in [9.17, 15) is 17.6 Å². The van der Waals surface area contributed by atoms with E-state index in [0.29, 0.717) is 5.56 Å². The molecule has 1 amide bonds. The number of rotatable bonds is 6. The summed E-state index contributed by atoms with van der Waals surface area (Å²) >= 11 is 12.2. The first-order chi connectivity index (χ1) is 12.1. The van der Waals surface area contributed by atoms with Gasteiger partial charge in [0.25, 0.3) is 5.91 Å². The van der Waals surface area contributed by atoms with E-state index in [2.05, 4.69) is 10.0 Å². The van der Waals surface area contributed by atoms with Crippen molar-refractivity contribution in [2.24, 2.45) is 0 Å². The third-order valence-corrected chi connectivity index (χ3v) is 5.85. The van der Waals surface area contributed by atoms with Crippen LogP contribution in [0.4, 0.5) is 4.39 Å². The van der Waals surface area contributed by atoms with Gasteiger partial charge in [-0.15, -0.1) is 0 Å². The van der Waals surface area contributed by atoms with Gasteiger partial charge in [-0.1, -0.05) is 35.3 Å².